The number of aliphatic hydroxyl groups is 2. The van der Waals surface area contributed by atoms with Crippen LogP contribution in [0.15, 0.2) is 11.6 Å². The van der Waals surface area contributed by atoms with Gasteiger partial charge in [-0.05, 0) is 129 Å². The van der Waals surface area contributed by atoms with Crippen molar-refractivity contribution in [1.82, 2.24) is 0 Å². The van der Waals surface area contributed by atoms with E-state index in [9.17, 15) is 10.2 Å². The third-order valence-electron chi connectivity index (χ3n) is 12.3. The molecule has 5 rings (SSSR count). The first-order valence-corrected chi connectivity index (χ1v) is 14.2. The average Bonchev–Trinajstić information content (AvgIpc) is 3.42. The third-order valence-corrected chi connectivity index (χ3v) is 12.3. The molecule has 32 heavy (non-hydrogen) atoms. The topological polar surface area (TPSA) is 40.5 Å². The molecule has 0 spiro atoms. The van der Waals surface area contributed by atoms with Crippen LogP contribution in [0.3, 0.4) is 0 Å². The van der Waals surface area contributed by atoms with Crippen LogP contribution in [0.25, 0.3) is 0 Å². The highest BCUT2D eigenvalue weighted by molar-refractivity contribution is 5.29. The molecule has 2 N–H and O–H groups in total. The molecule has 0 aliphatic heterocycles. The minimum absolute atomic E-state index is 0.0869. The Kier molecular flexibility index (Phi) is 5.73. The van der Waals surface area contributed by atoms with E-state index in [0.29, 0.717) is 16.7 Å². The SMILES string of the molecule is CC[C@]1(O)CC[C@]2(C)C3=CC[C@]4(C)[C@@H]([C@H](C)CC[C@@H](O)C5(C)CC5)CC[C@H]4[C@@H]3CC[C@H]2C1. The molecule has 4 fully saturated rings. The molecule has 0 aromatic heterocycles. The van der Waals surface area contributed by atoms with Crippen LogP contribution in [-0.4, -0.2) is 21.9 Å². The van der Waals surface area contributed by atoms with E-state index >= 15 is 0 Å². The number of fused-ring (bicyclic) bond motifs is 5. The Bertz CT molecular complexity index is 752. The van der Waals surface area contributed by atoms with Gasteiger partial charge in [0.15, 0.2) is 0 Å². The summed E-state index contributed by atoms with van der Waals surface area (Å²) < 4.78 is 0. The fourth-order valence-electron chi connectivity index (χ4n) is 9.39. The van der Waals surface area contributed by atoms with Crippen molar-refractivity contribution in [2.75, 3.05) is 0 Å². The van der Waals surface area contributed by atoms with Gasteiger partial charge in [-0.2, -0.15) is 0 Å². The van der Waals surface area contributed by atoms with E-state index in [1.807, 2.05) is 0 Å². The number of aliphatic hydroxyl groups excluding tert-OH is 1. The van der Waals surface area contributed by atoms with E-state index in [2.05, 4.69) is 40.7 Å². The predicted octanol–water partition coefficient (Wildman–Crippen LogP) is 7.28. The van der Waals surface area contributed by atoms with E-state index in [4.69, 9.17) is 0 Å². The van der Waals surface area contributed by atoms with Crippen molar-refractivity contribution in [2.45, 2.75) is 130 Å². The number of allylic oxidation sites excluding steroid dienone is 2. The van der Waals surface area contributed by atoms with Crippen LogP contribution in [0.1, 0.15) is 118 Å². The molecule has 0 aromatic carbocycles. The molecule has 2 nitrogen and oxygen atoms in total. The highest BCUT2D eigenvalue weighted by Crippen LogP contribution is 2.67. The largest absolute Gasteiger partial charge is 0.393 e. The molecule has 0 unspecified atom stereocenters. The molecule has 0 amide bonds. The summed E-state index contributed by atoms with van der Waals surface area (Å²) in [5, 5.41) is 21.7. The highest BCUT2D eigenvalue weighted by Gasteiger charge is 2.58. The van der Waals surface area contributed by atoms with E-state index in [1.165, 1.54) is 57.8 Å². The summed E-state index contributed by atoms with van der Waals surface area (Å²) in [4.78, 5) is 0. The van der Waals surface area contributed by atoms with Crippen molar-refractivity contribution in [1.29, 1.82) is 0 Å². The standard InChI is InChI=1S/C30H50O2/c1-6-30(32)18-17-28(4)21(19-30)8-9-22-24-11-10-23(29(24,5)14-13-25(22)28)20(2)7-12-26(31)27(3)15-16-27/h13,20-24,26,31-32H,6-12,14-19H2,1-5H3/t20-,21+,22+,23-,24+,26-,28+,29-,30+/m1/s1. The number of rotatable bonds is 6. The van der Waals surface area contributed by atoms with Gasteiger partial charge in [0.05, 0.1) is 11.7 Å². The summed E-state index contributed by atoms with van der Waals surface area (Å²) in [6, 6.07) is 0. The van der Waals surface area contributed by atoms with Gasteiger partial charge in [0.25, 0.3) is 0 Å². The summed E-state index contributed by atoms with van der Waals surface area (Å²) in [6.07, 6.45) is 18.1. The van der Waals surface area contributed by atoms with Gasteiger partial charge in [0.1, 0.15) is 0 Å². The molecule has 5 aliphatic carbocycles. The lowest BCUT2D eigenvalue weighted by molar-refractivity contribution is -0.0771. The second kappa shape index (κ2) is 7.84. The van der Waals surface area contributed by atoms with Crippen molar-refractivity contribution in [3.05, 3.63) is 11.6 Å². The smallest absolute Gasteiger partial charge is 0.0648 e. The van der Waals surface area contributed by atoms with Crippen molar-refractivity contribution in [2.24, 2.45) is 45.8 Å². The second-order valence-corrected chi connectivity index (χ2v) is 14.0. The Balaban J connectivity index is 1.31. The maximum Gasteiger partial charge on any atom is 0.0648 e. The lowest BCUT2D eigenvalue weighted by atomic mass is 9.47. The van der Waals surface area contributed by atoms with Gasteiger partial charge in [-0.3, -0.25) is 0 Å². The van der Waals surface area contributed by atoms with Gasteiger partial charge in [0.2, 0.25) is 0 Å². The van der Waals surface area contributed by atoms with Crippen molar-refractivity contribution in [3.8, 4) is 0 Å². The first-order chi connectivity index (χ1) is 15.0. The van der Waals surface area contributed by atoms with E-state index in [1.54, 1.807) is 5.57 Å². The molecule has 0 bridgehead atoms. The van der Waals surface area contributed by atoms with Crippen LogP contribution >= 0.6 is 0 Å². The molecule has 0 saturated heterocycles. The monoisotopic (exact) mass is 442 g/mol. The molecule has 182 valence electrons. The Morgan fingerprint density at radius 1 is 1.00 bits per heavy atom. The summed E-state index contributed by atoms with van der Waals surface area (Å²) in [5.74, 6) is 3.85. The molecule has 0 heterocycles. The van der Waals surface area contributed by atoms with Crippen LogP contribution < -0.4 is 0 Å². The van der Waals surface area contributed by atoms with Gasteiger partial charge in [-0.25, -0.2) is 0 Å². The molecule has 0 aromatic rings. The van der Waals surface area contributed by atoms with E-state index in [-0.39, 0.29) is 11.5 Å². The maximum absolute atomic E-state index is 11.0. The minimum atomic E-state index is -0.406. The average molecular weight is 443 g/mol. The molecule has 5 aliphatic rings. The molecule has 2 heteroatoms. The van der Waals surface area contributed by atoms with Crippen LogP contribution in [0.5, 0.6) is 0 Å². The highest BCUT2D eigenvalue weighted by atomic mass is 16.3. The summed E-state index contributed by atoms with van der Waals surface area (Å²) in [5.41, 5.74) is 2.42. The third kappa shape index (κ3) is 3.57. The van der Waals surface area contributed by atoms with Crippen molar-refractivity contribution in [3.63, 3.8) is 0 Å². The Morgan fingerprint density at radius 3 is 2.44 bits per heavy atom. The zero-order valence-corrected chi connectivity index (χ0v) is 21.6. The lowest BCUT2D eigenvalue weighted by Gasteiger charge is -2.58. The molecule has 9 atom stereocenters. The molecule has 0 radical (unpaired) electrons. The van der Waals surface area contributed by atoms with Crippen LogP contribution in [0.4, 0.5) is 0 Å². The quantitative estimate of drug-likeness (QED) is 0.424. The van der Waals surface area contributed by atoms with E-state index < -0.39 is 5.60 Å². The molecular formula is C30H50O2. The first-order valence-electron chi connectivity index (χ1n) is 14.2. The van der Waals surface area contributed by atoms with E-state index in [0.717, 1.165) is 49.4 Å². The Morgan fingerprint density at radius 2 is 1.75 bits per heavy atom. The maximum atomic E-state index is 11.0. The first kappa shape index (κ1) is 23.4. The minimum Gasteiger partial charge on any atom is -0.393 e. The van der Waals surface area contributed by atoms with Crippen LogP contribution in [-0.2, 0) is 0 Å². The fraction of sp³-hybridized carbons (Fsp3) is 0.933. The Hall–Kier alpha value is -0.340. The van der Waals surface area contributed by atoms with Crippen LogP contribution in [0, 0.1) is 45.8 Å². The molecular weight excluding hydrogens is 392 g/mol. The van der Waals surface area contributed by atoms with Gasteiger partial charge in [-0.15, -0.1) is 0 Å². The fourth-order valence-corrected chi connectivity index (χ4v) is 9.39. The Labute approximate surface area is 197 Å². The summed E-state index contributed by atoms with van der Waals surface area (Å²) >= 11 is 0. The summed E-state index contributed by atoms with van der Waals surface area (Å²) in [6.45, 7) is 12.1. The zero-order valence-electron chi connectivity index (χ0n) is 21.6. The lowest BCUT2D eigenvalue weighted by Crippen LogP contribution is -2.51. The molecule has 4 saturated carbocycles. The zero-order chi connectivity index (χ0) is 22.9. The van der Waals surface area contributed by atoms with Gasteiger partial charge >= 0.3 is 0 Å². The van der Waals surface area contributed by atoms with Crippen molar-refractivity contribution >= 4 is 0 Å². The number of hydrogen-bond donors (Lipinski definition) is 2. The van der Waals surface area contributed by atoms with Crippen LogP contribution in [0.2, 0.25) is 0 Å². The number of hydrogen-bond acceptors (Lipinski definition) is 2. The van der Waals surface area contributed by atoms with Gasteiger partial charge in [-0.1, -0.05) is 46.3 Å². The normalized spacial score (nSPS) is 48.8. The summed E-state index contributed by atoms with van der Waals surface area (Å²) in [7, 11) is 0. The van der Waals surface area contributed by atoms with Gasteiger partial charge in [0, 0.05) is 0 Å². The predicted molar refractivity (Wildman–Crippen MR) is 132 cm³/mol. The van der Waals surface area contributed by atoms with Gasteiger partial charge < -0.3 is 10.2 Å². The second-order valence-electron chi connectivity index (χ2n) is 14.0. The van der Waals surface area contributed by atoms with Crippen molar-refractivity contribution < 1.29 is 10.2 Å².